The zero-order chi connectivity index (χ0) is 73.0. The molecule has 12 heteroatoms. The first-order valence-corrected chi connectivity index (χ1v) is 39.6. The highest BCUT2D eigenvalue weighted by molar-refractivity contribution is 5.94. The first-order chi connectivity index (χ1) is 50.1. The van der Waals surface area contributed by atoms with E-state index in [2.05, 4.69) is 67.5 Å². The number of unbranched alkanes of at least 4 members (excludes halogenated alkanes) is 24. The highest BCUT2D eigenvalue weighted by atomic mass is 16.5. The summed E-state index contributed by atoms with van der Waals surface area (Å²) < 4.78 is 51.7. The number of ether oxygens (including phenoxy) is 8. The molecule has 5 aromatic rings. The highest BCUT2D eigenvalue weighted by Gasteiger charge is 2.18. The van der Waals surface area contributed by atoms with Gasteiger partial charge in [0.1, 0.15) is 0 Å². The lowest BCUT2D eigenvalue weighted by molar-refractivity contribution is 0.111. The molecule has 0 radical (unpaired) electrons. The quantitative estimate of drug-likeness (QED) is 0.0208. The minimum absolute atomic E-state index is 0.441. The van der Waals surface area contributed by atoms with Crippen molar-refractivity contribution in [2.24, 2.45) is 0 Å². The van der Waals surface area contributed by atoms with E-state index < -0.39 is 0 Å². The van der Waals surface area contributed by atoms with Gasteiger partial charge in [0.15, 0.2) is 71.1 Å². The van der Waals surface area contributed by atoms with Gasteiger partial charge in [-0.2, -0.15) is 0 Å². The van der Waals surface area contributed by atoms with Crippen LogP contribution in [0.1, 0.15) is 347 Å². The van der Waals surface area contributed by atoms with Gasteiger partial charge in [0, 0.05) is 22.3 Å². The van der Waals surface area contributed by atoms with E-state index in [0.29, 0.717) is 143 Å². The summed E-state index contributed by atoms with van der Waals surface area (Å²) >= 11 is 0. The van der Waals surface area contributed by atoms with E-state index in [4.69, 9.17) is 37.9 Å². The van der Waals surface area contributed by atoms with E-state index in [0.717, 1.165) is 253 Å². The van der Waals surface area contributed by atoms with Crippen molar-refractivity contribution in [1.29, 1.82) is 0 Å². The molecule has 12 nitrogen and oxygen atoms in total. The zero-order valence-electron chi connectivity index (χ0n) is 63.9. The second kappa shape index (κ2) is 53.0. The lowest BCUT2D eigenvalue weighted by atomic mass is 9.94. The molecule has 0 atom stereocenters. The standard InChI is InChI=1S/C90H126O12/c1-9-17-25-33-49-95-83-59-75(79(67-91)63-87(83)99-53-37-29-21-13-5)45-41-71-57-73(43-47-77-61-85(97-51-35-27-19-11-3)89(65-81(77)69-93)101-55-39-31-23-15-7)74(44-48-78-62-86(98-52-36-28-20-12-4)90(66-82(78)70-94)102-56-40-32-24-16-8)58-72(71)42-46-76-60-84(96-50-34-26-18-10-2)88(64-80(76)68-92)100-54-38-30-22-14-6/h41-48,57-70H,9-40,49-56H2,1-8H3/b45-41+,46-42+,47-43+,48-44+. The van der Waals surface area contributed by atoms with E-state index in [1.807, 2.05) is 72.9 Å². The second-order valence-electron chi connectivity index (χ2n) is 26.9. The van der Waals surface area contributed by atoms with Gasteiger partial charge in [-0.05, 0) is 157 Å². The molecule has 0 saturated carbocycles. The van der Waals surface area contributed by atoms with Crippen LogP contribution >= 0.6 is 0 Å². The molecule has 0 aliphatic rings. The number of rotatable bonds is 60. The van der Waals surface area contributed by atoms with Crippen molar-refractivity contribution in [2.45, 2.75) is 261 Å². The Morgan fingerprint density at radius 3 is 0.431 bits per heavy atom. The van der Waals surface area contributed by atoms with Crippen molar-refractivity contribution in [2.75, 3.05) is 52.9 Å². The molecule has 0 N–H and O–H groups in total. The van der Waals surface area contributed by atoms with E-state index in [1.54, 1.807) is 24.3 Å². The van der Waals surface area contributed by atoms with E-state index >= 15 is 0 Å². The van der Waals surface area contributed by atoms with Crippen LogP contribution in [0.3, 0.4) is 0 Å². The minimum atomic E-state index is 0.441. The smallest absolute Gasteiger partial charge is 0.161 e. The number of hydrogen-bond donors (Lipinski definition) is 0. The molecule has 0 heterocycles. The molecule has 102 heavy (non-hydrogen) atoms. The van der Waals surface area contributed by atoms with E-state index in [1.165, 1.54) is 0 Å². The van der Waals surface area contributed by atoms with Crippen LogP contribution in [0.2, 0.25) is 0 Å². The molecule has 0 fully saturated rings. The van der Waals surface area contributed by atoms with Crippen molar-refractivity contribution < 1.29 is 57.1 Å². The largest absolute Gasteiger partial charge is 0.490 e. The van der Waals surface area contributed by atoms with Crippen LogP contribution < -0.4 is 37.9 Å². The molecule has 0 bridgehead atoms. The monoisotopic (exact) mass is 1400 g/mol. The summed E-state index contributed by atoms with van der Waals surface area (Å²) in [5.41, 5.74) is 7.37. The van der Waals surface area contributed by atoms with Crippen LogP contribution in [0.15, 0.2) is 60.7 Å². The summed E-state index contributed by atoms with van der Waals surface area (Å²) in [6.45, 7) is 21.5. The summed E-state index contributed by atoms with van der Waals surface area (Å²) in [4.78, 5) is 53.1. The Balaban J connectivity index is 1.85. The molecule has 0 unspecified atom stereocenters. The SMILES string of the molecule is CCCCCCOc1cc(C=O)c(/C=C/c2cc(/C=C/c3cc(OCCCCCC)c(OCCCCCC)cc3C=O)c(/C=C/c3cc(OCCCCCC)c(OCCCCCC)cc3C=O)cc2/C=C/c2cc(OCCCCCC)c(OCCCCCC)cc2C=O)cc1OCCCCCC. The van der Waals surface area contributed by atoms with Gasteiger partial charge in [-0.15, -0.1) is 0 Å². The van der Waals surface area contributed by atoms with Gasteiger partial charge in [-0.1, -0.05) is 258 Å². The Bertz CT molecular complexity index is 2900. The maximum atomic E-state index is 13.3. The van der Waals surface area contributed by atoms with Gasteiger partial charge < -0.3 is 37.9 Å². The second-order valence-corrected chi connectivity index (χ2v) is 26.9. The lowest BCUT2D eigenvalue weighted by Crippen LogP contribution is -2.04. The van der Waals surface area contributed by atoms with Gasteiger partial charge in [-0.3, -0.25) is 19.2 Å². The van der Waals surface area contributed by atoms with Gasteiger partial charge >= 0.3 is 0 Å². The number of benzene rings is 5. The fourth-order valence-electron chi connectivity index (χ4n) is 11.9. The van der Waals surface area contributed by atoms with Crippen LogP contribution in [0, 0.1) is 0 Å². The van der Waals surface area contributed by atoms with Crippen molar-refractivity contribution >= 4 is 73.8 Å². The molecule has 0 aromatic heterocycles. The fourth-order valence-corrected chi connectivity index (χ4v) is 11.9. The molecule has 0 aliphatic heterocycles. The summed E-state index contributed by atoms with van der Waals surface area (Å²) in [5, 5.41) is 0. The molecular weight excluding hydrogens is 1270 g/mol. The fraction of sp³-hybridized carbons (Fsp3) is 0.533. The summed E-state index contributed by atoms with van der Waals surface area (Å²) in [6.07, 6.45) is 52.3. The van der Waals surface area contributed by atoms with Gasteiger partial charge in [-0.25, -0.2) is 0 Å². The predicted octanol–water partition coefficient (Wildman–Crippen LogP) is 25.3. The Morgan fingerprint density at radius 2 is 0.304 bits per heavy atom. The first kappa shape index (κ1) is 84.8. The van der Waals surface area contributed by atoms with Crippen LogP contribution in [0.25, 0.3) is 48.6 Å². The topological polar surface area (TPSA) is 142 Å². The lowest BCUT2D eigenvalue weighted by Gasteiger charge is -2.16. The Kier molecular flexibility index (Phi) is 44.1. The van der Waals surface area contributed by atoms with Crippen molar-refractivity contribution in [1.82, 2.24) is 0 Å². The van der Waals surface area contributed by atoms with Crippen molar-refractivity contribution in [3.63, 3.8) is 0 Å². The third-order valence-corrected chi connectivity index (χ3v) is 18.2. The molecule has 5 rings (SSSR count). The molecule has 0 aliphatic carbocycles. The number of hydrogen-bond acceptors (Lipinski definition) is 12. The molecule has 0 amide bonds. The third kappa shape index (κ3) is 31.4. The number of carbonyl (C=O) groups excluding carboxylic acids is 4. The van der Waals surface area contributed by atoms with Crippen LogP contribution in [0.5, 0.6) is 46.0 Å². The van der Waals surface area contributed by atoms with Crippen LogP contribution in [-0.2, 0) is 0 Å². The minimum Gasteiger partial charge on any atom is -0.490 e. The van der Waals surface area contributed by atoms with Crippen LogP contribution in [-0.4, -0.2) is 78.0 Å². The summed E-state index contributed by atoms with van der Waals surface area (Å²) in [5.74, 6) is 4.44. The molecule has 5 aromatic carbocycles. The maximum Gasteiger partial charge on any atom is 0.161 e. The summed E-state index contributed by atoms with van der Waals surface area (Å²) in [6, 6.07) is 18.9. The van der Waals surface area contributed by atoms with Gasteiger partial charge in [0.05, 0.1) is 52.9 Å². The Hall–Kier alpha value is -7.86. The van der Waals surface area contributed by atoms with Crippen molar-refractivity contribution in [3.05, 3.63) is 127 Å². The zero-order valence-corrected chi connectivity index (χ0v) is 63.9. The van der Waals surface area contributed by atoms with Crippen molar-refractivity contribution in [3.8, 4) is 46.0 Å². The molecule has 0 spiro atoms. The molecule has 558 valence electrons. The number of aldehydes is 4. The third-order valence-electron chi connectivity index (χ3n) is 18.2. The molecule has 0 saturated heterocycles. The molecular formula is C90H126O12. The van der Waals surface area contributed by atoms with Gasteiger partial charge in [0.2, 0.25) is 0 Å². The van der Waals surface area contributed by atoms with E-state index in [9.17, 15) is 19.2 Å². The average molecular weight is 1400 g/mol. The number of carbonyl (C=O) groups is 4. The van der Waals surface area contributed by atoms with Crippen LogP contribution in [0.4, 0.5) is 0 Å². The highest BCUT2D eigenvalue weighted by Crippen LogP contribution is 2.38. The summed E-state index contributed by atoms with van der Waals surface area (Å²) in [7, 11) is 0. The first-order valence-electron chi connectivity index (χ1n) is 39.6. The predicted molar refractivity (Wildman–Crippen MR) is 427 cm³/mol. The normalized spacial score (nSPS) is 11.5. The van der Waals surface area contributed by atoms with Gasteiger partial charge in [0.25, 0.3) is 0 Å². The average Bonchev–Trinajstić information content (AvgIpc) is 0.822. The maximum absolute atomic E-state index is 13.3. The Labute approximate surface area is 614 Å². The van der Waals surface area contributed by atoms with E-state index in [-0.39, 0.29) is 0 Å². The Morgan fingerprint density at radius 1 is 0.176 bits per heavy atom.